The highest BCUT2D eigenvalue weighted by Crippen LogP contribution is 2.32. The van der Waals surface area contributed by atoms with Crippen molar-refractivity contribution in [3.8, 4) is 10.7 Å². The van der Waals surface area contributed by atoms with E-state index in [0.717, 1.165) is 22.8 Å². The molecule has 8 heteroatoms. The number of amides is 1. The van der Waals surface area contributed by atoms with E-state index in [4.69, 9.17) is 0 Å². The van der Waals surface area contributed by atoms with Crippen LogP contribution in [0.5, 0.6) is 0 Å². The lowest BCUT2D eigenvalue weighted by atomic mass is 9.83. The van der Waals surface area contributed by atoms with Gasteiger partial charge >= 0.3 is 6.18 Å². The third kappa shape index (κ3) is 5.41. The molecule has 0 spiro atoms. The van der Waals surface area contributed by atoms with Crippen LogP contribution in [0.2, 0.25) is 0 Å². The number of halogens is 3. The minimum Gasteiger partial charge on any atom is -0.355 e. The van der Waals surface area contributed by atoms with Crippen molar-refractivity contribution < 1.29 is 18.0 Å². The molecule has 152 valence electrons. The number of rotatable bonds is 6. The van der Waals surface area contributed by atoms with E-state index in [9.17, 15) is 18.0 Å². The van der Waals surface area contributed by atoms with Crippen LogP contribution >= 0.6 is 11.3 Å². The van der Waals surface area contributed by atoms with Gasteiger partial charge in [0.2, 0.25) is 5.91 Å². The summed E-state index contributed by atoms with van der Waals surface area (Å²) in [5, 5.41) is 5.35. The maximum atomic E-state index is 13.0. The van der Waals surface area contributed by atoms with E-state index in [0.29, 0.717) is 11.3 Å². The third-order valence-electron chi connectivity index (χ3n) is 4.48. The normalized spacial score (nSPS) is 12.0. The van der Waals surface area contributed by atoms with Crippen LogP contribution in [0.3, 0.4) is 0 Å². The third-order valence-corrected chi connectivity index (χ3v) is 5.39. The highest BCUT2D eigenvalue weighted by molar-refractivity contribution is 7.13. The van der Waals surface area contributed by atoms with E-state index < -0.39 is 17.2 Å². The number of carbonyl (C=O) groups is 1. The molecule has 0 saturated heterocycles. The van der Waals surface area contributed by atoms with Gasteiger partial charge in [-0.3, -0.25) is 9.78 Å². The predicted molar refractivity (Wildman–Crippen MR) is 107 cm³/mol. The Morgan fingerprint density at radius 3 is 2.55 bits per heavy atom. The Bertz CT molecular complexity index is 984. The second-order valence-corrected chi connectivity index (χ2v) is 8.13. The number of aromatic nitrogens is 2. The van der Waals surface area contributed by atoms with Gasteiger partial charge in [-0.05, 0) is 23.8 Å². The lowest BCUT2D eigenvalue weighted by molar-refractivity contribution is -0.137. The molecule has 3 aromatic rings. The van der Waals surface area contributed by atoms with Crippen LogP contribution < -0.4 is 5.32 Å². The first kappa shape index (κ1) is 21.0. The summed E-state index contributed by atoms with van der Waals surface area (Å²) < 4.78 is 38.9. The minimum atomic E-state index is -4.40. The van der Waals surface area contributed by atoms with Gasteiger partial charge in [0.15, 0.2) is 0 Å². The van der Waals surface area contributed by atoms with Gasteiger partial charge in [-0.1, -0.05) is 38.1 Å². The number of thiazole rings is 1. The van der Waals surface area contributed by atoms with Crippen LogP contribution in [0.4, 0.5) is 13.2 Å². The van der Waals surface area contributed by atoms with Gasteiger partial charge in [-0.15, -0.1) is 11.3 Å². The lowest BCUT2D eigenvalue weighted by Crippen LogP contribution is -2.37. The van der Waals surface area contributed by atoms with Crippen molar-refractivity contribution in [2.24, 2.45) is 0 Å². The van der Waals surface area contributed by atoms with Gasteiger partial charge in [0.05, 0.1) is 23.4 Å². The number of pyridine rings is 1. The quantitative estimate of drug-likeness (QED) is 0.621. The maximum Gasteiger partial charge on any atom is 0.416 e. The Morgan fingerprint density at radius 2 is 1.86 bits per heavy atom. The Balaban J connectivity index is 1.61. The van der Waals surface area contributed by atoms with Crippen LogP contribution in [-0.4, -0.2) is 22.4 Å². The molecule has 1 amide bonds. The maximum absolute atomic E-state index is 13.0. The molecule has 0 aliphatic rings. The standard InChI is InChI=1S/C21H20F3N3OS/c1-20(2,14-6-5-7-15(10-14)21(22,23)24)13-26-18(28)11-16-12-29-19(27-16)17-8-3-4-9-25-17/h3-10,12H,11,13H2,1-2H3,(H,26,28). The molecule has 0 aliphatic carbocycles. The van der Waals surface area contributed by atoms with Crippen LogP contribution in [0.1, 0.15) is 30.7 Å². The molecule has 1 aromatic carbocycles. The fraction of sp³-hybridized carbons (Fsp3) is 0.286. The summed E-state index contributed by atoms with van der Waals surface area (Å²) in [6, 6.07) is 10.7. The second-order valence-electron chi connectivity index (χ2n) is 7.27. The second kappa shape index (κ2) is 8.32. The number of hydrogen-bond donors (Lipinski definition) is 1. The zero-order chi connectivity index (χ0) is 21.1. The van der Waals surface area contributed by atoms with E-state index >= 15 is 0 Å². The monoisotopic (exact) mass is 419 g/mol. The van der Waals surface area contributed by atoms with Crippen molar-refractivity contribution in [1.29, 1.82) is 0 Å². The first-order valence-electron chi connectivity index (χ1n) is 8.95. The van der Waals surface area contributed by atoms with Crippen molar-refractivity contribution in [3.05, 3.63) is 70.9 Å². The molecule has 0 atom stereocenters. The van der Waals surface area contributed by atoms with Gasteiger partial charge in [-0.25, -0.2) is 4.98 Å². The smallest absolute Gasteiger partial charge is 0.355 e. The van der Waals surface area contributed by atoms with Crippen LogP contribution in [0, 0.1) is 0 Å². The molecular weight excluding hydrogens is 399 g/mol. The summed E-state index contributed by atoms with van der Waals surface area (Å²) in [4.78, 5) is 21.0. The first-order chi connectivity index (χ1) is 13.6. The number of carbonyl (C=O) groups excluding carboxylic acids is 1. The number of hydrogen-bond acceptors (Lipinski definition) is 4. The van der Waals surface area contributed by atoms with E-state index in [1.165, 1.54) is 17.4 Å². The average Bonchev–Trinajstić information content (AvgIpc) is 3.15. The number of nitrogens with one attached hydrogen (secondary N) is 1. The topological polar surface area (TPSA) is 54.9 Å². The molecular formula is C21H20F3N3OS. The van der Waals surface area contributed by atoms with Gasteiger partial charge in [-0.2, -0.15) is 13.2 Å². The first-order valence-corrected chi connectivity index (χ1v) is 9.83. The molecule has 0 bridgehead atoms. The number of alkyl halides is 3. The van der Waals surface area contributed by atoms with Gasteiger partial charge in [0.1, 0.15) is 5.01 Å². The Morgan fingerprint density at radius 1 is 1.10 bits per heavy atom. The Hall–Kier alpha value is -2.74. The van der Waals surface area contributed by atoms with E-state index in [2.05, 4.69) is 15.3 Å². The van der Waals surface area contributed by atoms with Crippen LogP contribution in [0.15, 0.2) is 54.0 Å². The van der Waals surface area contributed by atoms with E-state index in [-0.39, 0.29) is 18.9 Å². The fourth-order valence-electron chi connectivity index (χ4n) is 2.76. The fourth-order valence-corrected chi connectivity index (χ4v) is 3.56. The highest BCUT2D eigenvalue weighted by Gasteiger charge is 2.32. The van der Waals surface area contributed by atoms with Crippen molar-refractivity contribution in [1.82, 2.24) is 15.3 Å². The largest absolute Gasteiger partial charge is 0.416 e. The summed E-state index contributed by atoms with van der Waals surface area (Å²) in [6.45, 7) is 3.81. The summed E-state index contributed by atoms with van der Waals surface area (Å²) in [5.41, 5.74) is 0.537. The number of benzene rings is 1. The van der Waals surface area contributed by atoms with Crippen molar-refractivity contribution in [2.75, 3.05) is 6.54 Å². The summed E-state index contributed by atoms with van der Waals surface area (Å²) in [7, 11) is 0. The van der Waals surface area contributed by atoms with Gasteiger partial charge in [0.25, 0.3) is 0 Å². The zero-order valence-corrected chi connectivity index (χ0v) is 16.8. The molecule has 29 heavy (non-hydrogen) atoms. The van der Waals surface area contributed by atoms with Crippen molar-refractivity contribution in [2.45, 2.75) is 31.9 Å². The zero-order valence-electron chi connectivity index (χ0n) is 16.0. The molecule has 2 heterocycles. The van der Waals surface area contributed by atoms with Crippen LogP contribution in [0.25, 0.3) is 10.7 Å². The average molecular weight is 419 g/mol. The SMILES string of the molecule is CC(C)(CNC(=O)Cc1csc(-c2ccccn2)n1)c1cccc(C(F)(F)F)c1. The van der Waals surface area contributed by atoms with Gasteiger partial charge < -0.3 is 5.32 Å². The minimum absolute atomic E-state index is 0.0992. The molecule has 3 rings (SSSR count). The molecule has 0 aliphatic heterocycles. The lowest BCUT2D eigenvalue weighted by Gasteiger charge is -2.26. The number of nitrogens with zero attached hydrogens (tertiary/aromatic N) is 2. The predicted octanol–water partition coefficient (Wildman–Crippen LogP) is 4.86. The Labute approximate surface area is 170 Å². The summed E-state index contributed by atoms with van der Waals surface area (Å²) >= 11 is 1.41. The van der Waals surface area contributed by atoms with E-state index in [1.54, 1.807) is 26.1 Å². The molecule has 0 fully saturated rings. The molecule has 0 unspecified atom stereocenters. The molecule has 0 radical (unpaired) electrons. The molecule has 1 N–H and O–H groups in total. The summed E-state index contributed by atoms with van der Waals surface area (Å²) in [5.74, 6) is -0.233. The van der Waals surface area contributed by atoms with Crippen molar-refractivity contribution in [3.63, 3.8) is 0 Å². The molecule has 0 saturated carbocycles. The molecule has 4 nitrogen and oxygen atoms in total. The van der Waals surface area contributed by atoms with E-state index in [1.807, 2.05) is 23.6 Å². The van der Waals surface area contributed by atoms with Crippen molar-refractivity contribution >= 4 is 17.2 Å². The van der Waals surface area contributed by atoms with Crippen LogP contribution in [-0.2, 0) is 22.8 Å². The van der Waals surface area contributed by atoms with Gasteiger partial charge in [0, 0.05) is 23.5 Å². The molecule has 2 aromatic heterocycles. The Kier molecular flexibility index (Phi) is 6.02. The highest BCUT2D eigenvalue weighted by atomic mass is 32.1. The summed E-state index contributed by atoms with van der Waals surface area (Å²) in [6.07, 6.45) is -2.62.